The fourth-order valence-electron chi connectivity index (χ4n) is 1.72. The molecule has 0 bridgehead atoms. The zero-order chi connectivity index (χ0) is 13.8. The Bertz CT molecular complexity index is 589. The number of para-hydroxylation sites is 1. The van der Waals surface area contributed by atoms with Gasteiger partial charge in [-0.3, -0.25) is 0 Å². The molecular formula is C14H11ClFNO2. The Morgan fingerprint density at radius 3 is 2.47 bits per heavy atom. The monoisotopic (exact) mass is 279 g/mol. The lowest BCUT2D eigenvalue weighted by atomic mass is 10.1. The molecule has 0 spiro atoms. The second-order valence-electron chi connectivity index (χ2n) is 3.92. The average molecular weight is 280 g/mol. The highest BCUT2D eigenvalue weighted by atomic mass is 35.5. The molecule has 19 heavy (non-hydrogen) atoms. The van der Waals surface area contributed by atoms with Crippen LogP contribution in [0, 0.1) is 5.82 Å². The summed E-state index contributed by atoms with van der Waals surface area (Å²) in [6.07, 6.45) is 0. The van der Waals surface area contributed by atoms with Gasteiger partial charge in [0.05, 0.1) is 5.02 Å². The summed E-state index contributed by atoms with van der Waals surface area (Å²) < 4.78 is 13.9. The molecule has 0 aromatic heterocycles. The Morgan fingerprint density at radius 2 is 1.84 bits per heavy atom. The Balaban J connectivity index is 2.36. The minimum absolute atomic E-state index is 0.00357. The third-order valence-electron chi connectivity index (χ3n) is 2.62. The fourth-order valence-corrected chi connectivity index (χ4v) is 1.90. The first-order valence-electron chi connectivity index (χ1n) is 5.58. The summed E-state index contributed by atoms with van der Waals surface area (Å²) in [7, 11) is 0. The van der Waals surface area contributed by atoms with Crippen molar-refractivity contribution in [1.82, 2.24) is 0 Å². The second kappa shape index (κ2) is 5.71. The Morgan fingerprint density at radius 1 is 1.16 bits per heavy atom. The molecule has 3 nitrogen and oxygen atoms in total. The molecule has 2 aromatic carbocycles. The number of hydrogen-bond donors (Lipinski definition) is 2. The number of carbonyl (C=O) groups is 1. The topological polar surface area (TPSA) is 49.3 Å². The fraction of sp³-hybridized carbons (Fsp3) is 0.0714. The van der Waals surface area contributed by atoms with Crippen molar-refractivity contribution in [3.05, 3.63) is 64.9 Å². The average Bonchev–Trinajstić information content (AvgIpc) is 2.40. The van der Waals surface area contributed by atoms with Gasteiger partial charge in [0.2, 0.25) is 0 Å². The zero-order valence-corrected chi connectivity index (χ0v) is 10.6. The molecule has 2 aromatic rings. The van der Waals surface area contributed by atoms with Crippen molar-refractivity contribution in [2.75, 3.05) is 5.32 Å². The van der Waals surface area contributed by atoms with E-state index in [-0.39, 0.29) is 10.6 Å². The molecule has 1 unspecified atom stereocenters. The molecule has 2 N–H and O–H groups in total. The van der Waals surface area contributed by atoms with Crippen LogP contribution in [-0.2, 0) is 4.79 Å². The maximum atomic E-state index is 13.9. The van der Waals surface area contributed by atoms with Crippen LogP contribution in [0.25, 0.3) is 0 Å². The Hall–Kier alpha value is -2.07. The number of halogens is 2. The predicted octanol–water partition coefficient (Wildman–Crippen LogP) is 3.72. The highest BCUT2D eigenvalue weighted by molar-refractivity contribution is 6.30. The largest absolute Gasteiger partial charge is 0.479 e. The molecule has 0 aliphatic rings. The lowest BCUT2D eigenvalue weighted by Crippen LogP contribution is -2.21. The number of carboxylic acid groups (broad SMARTS) is 1. The quantitative estimate of drug-likeness (QED) is 0.897. The van der Waals surface area contributed by atoms with Crippen LogP contribution in [0.4, 0.5) is 10.1 Å². The minimum atomic E-state index is -1.19. The molecule has 0 aliphatic heterocycles. The highest BCUT2D eigenvalue weighted by Gasteiger charge is 2.24. The number of anilines is 1. The van der Waals surface area contributed by atoms with E-state index in [1.165, 1.54) is 18.2 Å². The summed E-state index contributed by atoms with van der Waals surface area (Å²) in [6.45, 7) is 0. The Labute approximate surface area is 114 Å². The Kier molecular flexibility index (Phi) is 4.02. The molecule has 2 rings (SSSR count). The molecule has 5 heteroatoms. The molecule has 98 valence electrons. The number of carboxylic acids is 1. The molecule has 1 atom stereocenters. The molecule has 0 saturated heterocycles. The van der Waals surface area contributed by atoms with Crippen LogP contribution >= 0.6 is 11.6 Å². The lowest BCUT2D eigenvalue weighted by Gasteiger charge is -2.17. The molecule has 0 amide bonds. The van der Waals surface area contributed by atoms with Crippen molar-refractivity contribution in [1.29, 1.82) is 0 Å². The maximum absolute atomic E-state index is 13.9. The van der Waals surface area contributed by atoms with Gasteiger partial charge in [-0.1, -0.05) is 41.9 Å². The van der Waals surface area contributed by atoms with E-state index in [1.807, 2.05) is 0 Å². The number of benzene rings is 2. The van der Waals surface area contributed by atoms with Gasteiger partial charge in [-0.25, -0.2) is 9.18 Å². The van der Waals surface area contributed by atoms with Crippen LogP contribution in [0.2, 0.25) is 5.02 Å². The van der Waals surface area contributed by atoms with E-state index in [0.717, 1.165) is 0 Å². The second-order valence-corrected chi connectivity index (χ2v) is 4.33. The zero-order valence-electron chi connectivity index (χ0n) is 9.81. The van der Waals surface area contributed by atoms with Gasteiger partial charge >= 0.3 is 5.97 Å². The first-order valence-corrected chi connectivity index (χ1v) is 5.95. The van der Waals surface area contributed by atoms with Gasteiger partial charge in [-0.05, 0) is 18.2 Å². The van der Waals surface area contributed by atoms with Gasteiger partial charge in [-0.2, -0.15) is 0 Å². The van der Waals surface area contributed by atoms with Gasteiger partial charge < -0.3 is 10.4 Å². The van der Waals surface area contributed by atoms with Crippen molar-refractivity contribution < 1.29 is 14.3 Å². The number of nitrogens with one attached hydrogen (secondary N) is 1. The van der Waals surface area contributed by atoms with E-state index >= 15 is 0 Å². The molecule has 0 fully saturated rings. The van der Waals surface area contributed by atoms with Crippen LogP contribution in [-0.4, -0.2) is 11.1 Å². The van der Waals surface area contributed by atoms with Crippen LogP contribution in [0.3, 0.4) is 0 Å². The molecule has 0 radical (unpaired) electrons. The van der Waals surface area contributed by atoms with E-state index in [9.17, 15) is 14.3 Å². The number of rotatable bonds is 4. The van der Waals surface area contributed by atoms with Crippen molar-refractivity contribution in [2.45, 2.75) is 6.04 Å². The normalized spacial score (nSPS) is 11.9. The first kappa shape index (κ1) is 13.4. The van der Waals surface area contributed by atoms with Gasteiger partial charge in [0.15, 0.2) is 6.04 Å². The minimum Gasteiger partial charge on any atom is -0.479 e. The van der Waals surface area contributed by atoms with Gasteiger partial charge in [0.1, 0.15) is 5.82 Å². The van der Waals surface area contributed by atoms with Gasteiger partial charge in [0.25, 0.3) is 0 Å². The summed E-state index contributed by atoms with van der Waals surface area (Å²) in [5, 5.41) is 11.9. The van der Waals surface area contributed by atoms with Crippen molar-refractivity contribution in [3.8, 4) is 0 Å². The van der Waals surface area contributed by atoms with Crippen molar-refractivity contribution in [2.24, 2.45) is 0 Å². The van der Waals surface area contributed by atoms with Crippen molar-refractivity contribution >= 4 is 23.3 Å². The number of aliphatic carboxylic acids is 1. The predicted molar refractivity (Wildman–Crippen MR) is 71.9 cm³/mol. The van der Waals surface area contributed by atoms with E-state index < -0.39 is 17.8 Å². The highest BCUT2D eigenvalue weighted by Crippen LogP contribution is 2.26. The molecular weight excluding hydrogens is 269 g/mol. The molecule has 0 heterocycles. The first-order chi connectivity index (χ1) is 9.09. The van der Waals surface area contributed by atoms with E-state index in [4.69, 9.17) is 11.6 Å². The standard InChI is InChI=1S/C14H11ClFNO2/c15-11-8-4-7-10(12(11)16)13(14(18)19)17-9-5-2-1-3-6-9/h1-8,13,17H,(H,18,19). The van der Waals surface area contributed by atoms with Gasteiger partial charge in [-0.15, -0.1) is 0 Å². The molecule has 0 aliphatic carbocycles. The van der Waals surface area contributed by atoms with Crippen LogP contribution in [0.15, 0.2) is 48.5 Å². The van der Waals surface area contributed by atoms with E-state index in [2.05, 4.69) is 5.32 Å². The van der Waals surface area contributed by atoms with E-state index in [0.29, 0.717) is 5.69 Å². The summed E-state index contributed by atoms with van der Waals surface area (Å²) in [5.74, 6) is -1.90. The number of hydrogen-bond acceptors (Lipinski definition) is 2. The third kappa shape index (κ3) is 3.03. The SMILES string of the molecule is O=C(O)C(Nc1ccccc1)c1cccc(Cl)c1F. The van der Waals surface area contributed by atoms with E-state index in [1.54, 1.807) is 30.3 Å². The summed E-state index contributed by atoms with van der Waals surface area (Å²) in [6, 6.07) is 11.8. The van der Waals surface area contributed by atoms with Crippen LogP contribution in [0.5, 0.6) is 0 Å². The van der Waals surface area contributed by atoms with Crippen molar-refractivity contribution in [3.63, 3.8) is 0 Å². The van der Waals surface area contributed by atoms with Crippen LogP contribution < -0.4 is 5.32 Å². The third-order valence-corrected chi connectivity index (χ3v) is 2.92. The summed E-state index contributed by atoms with van der Waals surface area (Å²) in [5.41, 5.74) is 0.595. The smallest absolute Gasteiger partial charge is 0.330 e. The summed E-state index contributed by atoms with van der Waals surface area (Å²) >= 11 is 5.67. The molecule has 0 saturated carbocycles. The summed E-state index contributed by atoms with van der Waals surface area (Å²) in [4.78, 5) is 11.3. The van der Waals surface area contributed by atoms with Crippen LogP contribution in [0.1, 0.15) is 11.6 Å². The van der Waals surface area contributed by atoms with Gasteiger partial charge in [0, 0.05) is 11.3 Å². The lowest BCUT2D eigenvalue weighted by molar-refractivity contribution is -0.138. The maximum Gasteiger partial charge on any atom is 0.330 e.